The second-order valence-electron chi connectivity index (χ2n) is 2.77. The van der Waals surface area contributed by atoms with Gasteiger partial charge in [0.15, 0.2) is 6.29 Å². The first-order chi connectivity index (χ1) is 6.77. The summed E-state index contributed by atoms with van der Waals surface area (Å²) in [6.07, 6.45) is 2.37. The number of fused-ring (bicyclic) bond motifs is 1. The molecular weight excluding hydrogens is 219 g/mol. The van der Waals surface area contributed by atoms with Crippen molar-refractivity contribution in [2.24, 2.45) is 0 Å². The zero-order valence-electron chi connectivity index (χ0n) is 7.41. The first-order valence-electron chi connectivity index (χ1n) is 3.96. The lowest BCUT2D eigenvalue weighted by atomic mass is 10.2. The Morgan fingerprint density at radius 2 is 2.36 bits per heavy atom. The predicted molar refractivity (Wildman–Crippen MR) is 59.0 cm³/mol. The third-order valence-corrected chi connectivity index (χ3v) is 3.87. The average molecular weight is 226 g/mol. The molecule has 0 fully saturated rings. The van der Waals surface area contributed by atoms with Crippen molar-refractivity contribution in [2.75, 3.05) is 6.26 Å². The Balaban J connectivity index is 2.87. The maximum Gasteiger partial charge on any atom is 0.153 e. The van der Waals surface area contributed by atoms with E-state index >= 15 is 0 Å². The van der Waals surface area contributed by atoms with E-state index < -0.39 is 5.82 Å². The molecule has 0 spiro atoms. The van der Waals surface area contributed by atoms with Gasteiger partial charge in [-0.25, -0.2) is 4.39 Å². The average Bonchev–Trinajstić information content (AvgIpc) is 2.64. The minimum absolute atomic E-state index is 0.139. The highest BCUT2D eigenvalue weighted by Gasteiger charge is 2.12. The quantitative estimate of drug-likeness (QED) is 0.575. The molecule has 0 saturated carbocycles. The first kappa shape index (κ1) is 9.68. The van der Waals surface area contributed by atoms with Crippen LogP contribution in [0.3, 0.4) is 0 Å². The molecule has 0 unspecified atom stereocenters. The van der Waals surface area contributed by atoms with Gasteiger partial charge in [-0.1, -0.05) is 0 Å². The van der Waals surface area contributed by atoms with Crippen LogP contribution in [0.15, 0.2) is 22.4 Å². The highest BCUT2D eigenvalue weighted by molar-refractivity contribution is 7.99. The molecule has 0 atom stereocenters. The van der Waals surface area contributed by atoms with Gasteiger partial charge in [-0.2, -0.15) is 0 Å². The second-order valence-corrected chi connectivity index (χ2v) is 4.50. The van der Waals surface area contributed by atoms with Gasteiger partial charge in [-0.3, -0.25) is 4.79 Å². The molecule has 2 aromatic rings. The van der Waals surface area contributed by atoms with Crippen LogP contribution in [0.1, 0.15) is 10.4 Å². The molecule has 0 aliphatic heterocycles. The van der Waals surface area contributed by atoms with Crippen molar-refractivity contribution >= 4 is 39.5 Å². The maximum absolute atomic E-state index is 13.6. The monoisotopic (exact) mass is 226 g/mol. The molecule has 2 rings (SSSR count). The summed E-state index contributed by atoms with van der Waals surface area (Å²) in [7, 11) is 0. The SMILES string of the molecule is CSc1c(F)c(C=O)cc2ccsc12. The first-order valence-corrected chi connectivity index (χ1v) is 6.07. The number of halogens is 1. The molecule has 0 amide bonds. The lowest BCUT2D eigenvalue weighted by molar-refractivity contribution is 0.111. The highest BCUT2D eigenvalue weighted by atomic mass is 32.2. The van der Waals surface area contributed by atoms with E-state index in [2.05, 4.69) is 0 Å². The normalized spacial score (nSPS) is 10.7. The number of carbonyl (C=O) groups excluding carboxylic acids is 1. The molecule has 0 N–H and O–H groups in total. The van der Waals surface area contributed by atoms with E-state index in [1.165, 1.54) is 23.1 Å². The van der Waals surface area contributed by atoms with Crippen LogP contribution in [-0.4, -0.2) is 12.5 Å². The standard InChI is InChI=1S/C10H7FOS2/c1-13-10-8(11)7(5-12)4-6-2-3-14-9(6)10/h2-5H,1H3. The number of hydrogen-bond donors (Lipinski definition) is 0. The Labute approximate surface area is 88.9 Å². The zero-order chi connectivity index (χ0) is 10.1. The number of carbonyl (C=O) groups is 1. The summed E-state index contributed by atoms with van der Waals surface area (Å²) in [6, 6.07) is 3.49. The molecule has 0 radical (unpaired) electrons. The third-order valence-electron chi connectivity index (χ3n) is 2.00. The fraction of sp³-hybridized carbons (Fsp3) is 0.100. The van der Waals surface area contributed by atoms with Crippen LogP contribution in [0.25, 0.3) is 10.1 Å². The fourth-order valence-corrected chi connectivity index (χ4v) is 3.15. The van der Waals surface area contributed by atoms with Crippen molar-refractivity contribution in [1.82, 2.24) is 0 Å². The number of benzene rings is 1. The van der Waals surface area contributed by atoms with E-state index in [0.717, 1.165) is 10.1 Å². The maximum atomic E-state index is 13.6. The Bertz CT molecular complexity index is 490. The van der Waals surface area contributed by atoms with Gasteiger partial charge in [0, 0.05) is 0 Å². The van der Waals surface area contributed by atoms with E-state index in [1.807, 2.05) is 17.7 Å². The second kappa shape index (κ2) is 3.71. The van der Waals surface area contributed by atoms with Gasteiger partial charge in [0.2, 0.25) is 0 Å². The number of thiophene rings is 1. The summed E-state index contributed by atoms with van der Waals surface area (Å²) in [6.45, 7) is 0. The molecule has 0 aliphatic rings. The topological polar surface area (TPSA) is 17.1 Å². The van der Waals surface area contributed by atoms with Gasteiger partial charge >= 0.3 is 0 Å². The summed E-state index contributed by atoms with van der Waals surface area (Å²) >= 11 is 2.83. The van der Waals surface area contributed by atoms with Crippen molar-refractivity contribution in [2.45, 2.75) is 4.90 Å². The molecule has 4 heteroatoms. The molecule has 14 heavy (non-hydrogen) atoms. The molecule has 1 aromatic heterocycles. The Kier molecular flexibility index (Phi) is 2.56. The molecule has 0 aliphatic carbocycles. The number of hydrogen-bond acceptors (Lipinski definition) is 3. The van der Waals surface area contributed by atoms with Crippen molar-refractivity contribution in [3.63, 3.8) is 0 Å². The van der Waals surface area contributed by atoms with Gasteiger partial charge < -0.3 is 0 Å². The Morgan fingerprint density at radius 1 is 1.57 bits per heavy atom. The van der Waals surface area contributed by atoms with E-state index in [4.69, 9.17) is 0 Å². The van der Waals surface area contributed by atoms with Crippen LogP contribution < -0.4 is 0 Å². The van der Waals surface area contributed by atoms with Gasteiger partial charge in [0.25, 0.3) is 0 Å². The van der Waals surface area contributed by atoms with E-state index in [0.29, 0.717) is 11.2 Å². The van der Waals surface area contributed by atoms with Crippen molar-refractivity contribution in [3.05, 3.63) is 28.9 Å². The summed E-state index contributed by atoms with van der Waals surface area (Å²) in [5.74, 6) is -0.401. The van der Waals surface area contributed by atoms with Crippen LogP contribution in [0.2, 0.25) is 0 Å². The minimum Gasteiger partial charge on any atom is -0.298 e. The van der Waals surface area contributed by atoms with Crippen LogP contribution in [-0.2, 0) is 0 Å². The van der Waals surface area contributed by atoms with Crippen LogP contribution >= 0.6 is 23.1 Å². The lowest BCUT2D eigenvalue weighted by Crippen LogP contribution is -1.90. The fourth-order valence-electron chi connectivity index (χ4n) is 1.35. The molecule has 0 bridgehead atoms. The lowest BCUT2D eigenvalue weighted by Gasteiger charge is -2.03. The van der Waals surface area contributed by atoms with Crippen LogP contribution in [0.4, 0.5) is 4.39 Å². The number of rotatable bonds is 2. The van der Waals surface area contributed by atoms with Gasteiger partial charge in [-0.15, -0.1) is 23.1 Å². The molecule has 0 saturated heterocycles. The Morgan fingerprint density at radius 3 is 3.00 bits per heavy atom. The van der Waals surface area contributed by atoms with Crippen molar-refractivity contribution in [1.29, 1.82) is 0 Å². The molecule has 1 aromatic carbocycles. The van der Waals surface area contributed by atoms with Gasteiger partial charge in [-0.05, 0) is 29.2 Å². The number of thioether (sulfide) groups is 1. The van der Waals surface area contributed by atoms with Crippen molar-refractivity contribution < 1.29 is 9.18 Å². The van der Waals surface area contributed by atoms with Crippen molar-refractivity contribution in [3.8, 4) is 0 Å². The molecule has 1 heterocycles. The van der Waals surface area contributed by atoms with Crippen LogP contribution in [0, 0.1) is 5.82 Å². The highest BCUT2D eigenvalue weighted by Crippen LogP contribution is 2.34. The van der Waals surface area contributed by atoms with Gasteiger partial charge in [0.1, 0.15) is 5.82 Å². The summed E-state index contributed by atoms with van der Waals surface area (Å²) in [5.41, 5.74) is 0.139. The predicted octanol–water partition coefficient (Wildman–Crippen LogP) is 3.57. The van der Waals surface area contributed by atoms with E-state index in [1.54, 1.807) is 6.07 Å². The molecule has 72 valence electrons. The zero-order valence-corrected chi connectivity index (χ0v) is 9.05. The van der Waals surface area contributed by atoms with E-state index in [-0.39, 0.29) is 5.56 Å². The van der Waals surface area contributed by atoms with Gasteiger partial charge in [0.05, 0.1) is 15.2 Å². The smallest absolute Gasteiger partial charge is 0.153 e. The Hall–Kier alpha value is -0.870. The van der Waals surface area contributed by atoms with E-state index in [9.17, 15) is 9.18 Å². The summed E-state index contributed by atoms with van der Waals surface area (Å²) in [5, 5.41) is 2.83. The number of aldehydes is 1. The van der Waals surface area contributed by atoms with Crippen LogP contribution in [0.5, 0.6) is 0 Å². The third kappa shape index (κ3) is 1.35. The summed E-state index contributed by atoms with van der Waals surface area (Å²) in [4.78, 5) is 11.2. The molecule has 1 nitrogen and oxygen atoms in total. The summed E-state index contributed by atoms with van der Waals surface area (Å²) < 4.78 is 14.6. The largest absolute Gasteiger partial charge is 0.298 e. The minimum atomic E-state index is -0.401. The molecular formula is C10H7FOS2.